The number of primary amides is 1. The van der Waals surface area contributed by atoms with Crippen LogP contribution in [0.1, 0.15) is 13.3 Å². The number of rotatable bonds is 8. The summed E-state index contributed by atoms with van der Waals surface area (Å²) in [7, 11) is 1.56. The van der Waals surface area contributed by atoms with Gasteiger partial charge in [0, 0.05) is 23.7 Å². The van der Waals surface area contributed by atoms with Crippen LogP contribution in [0.2, 0.25) is 5.02 Å². The van der Waals surface area contributed by atoms with Crippen molar-refractivity contribution in [2.24, 2.45) is 5.73 Å². The number of amides is 2. The van der Waals surface area contributed by atoms with Crippen LogP contribution >= 0.6 is 11.6 Å². The van der Waals surface area contributed by atoms with E-state index in [1.807, 2.05) is 0 Å². The van der Waals surface area contributed by atoms with Crippen LogP contribution in [0.15, 0.2) is 48.5 Å². The Balaban J connectivity index is 2.18. The zero-order valence-corrected chi connectivity index (χ0v) is 15.4. The van der Waals surface area contributed by atoms with Crippen molar-refractivity contribution in [1.29, 1.82) is 0 Å². The lowest BCUT2D eigenvalue weighted by atomic mass is 10.2. The normalized spacial score (nSPS) is 11.5. The smallest absolute Gasteiger partial charge is 0.267 e. The van der Waals surface area contributed by atoms with Gasteiger partial charge in [-0.1, -0.05) is 17.7 Å². The second-order valence-corrected chi connectivity index (χ2v) is 6.06. The second-order valence-electron chi connectivity index (χ2n) is 5.62. The highest BCUT2D eigenvalue weighted by atomic mass is 35.5. The number of nitrogens with two attached hydrogens (primary N) is 1. The first-order chi connectivity index (χ1) is 12.4. The number of carbonyl (C=O) groups is 2. The highest BCUT2D eigenvalue weighted by Gasteiger charge is 2.24. The molecule has 7 heteroatoms. The lowest BCUT2D eigenvalue weighted by molar-refractivity contribution is -0.124. The Labute approximate surface area is 157 Å². The van der Waals surface area contributed by atoms with Gasteiger partial charge in [0.1, 0.15) is 11.5 Å². The standard InChI is InChI=1S/C19H21ClN2O4/c1-13(26-17-5-3-4-14(20)12-17)19(24)22(11-10-18(21)23)15-6-8-16(25-2)9-7-15/h3-9,12-13H,10-11H2,1-2H3,(H2,21,23)/t13-/m0/s1. The molecule has 2 amide bonds. The van der Waals surface area contributed by atoms with Crippen molar-refractivity contribution in [1.82, 2.24) is 0 Å². The molecule has 0 spiro atoms. The van der Waals surface area contributed by atoms with E-state index in [1.165, 1.54) is 4.90 Å². The predicted octanol–water partition coefficient (Wildman–Crippen LogP) is 3.02. The molecule has 2 rings (SSSR count). The maximum Gasteiger partial charge on any atom is 0.267 e. The van der Waals surface area contributed by atoms with Crippen molar-refractivity contribution < 1.29 is 19.1 Å². The van der Waals surface area contributed by atoms with E-state index < -0.39 is 12.0 Å². The Bertz CT molecular complexity index is 764. The van der Waals surface area contributed by atoms with Crippen LogP contribution in [0.3, 0.4) is 0 Å². The molecule has 0 heterocycles. The van der Waals surface area contributed by atoms with Crippen molar-refractivity contribution in [2.75, 3.05) is 18.6 Å². The Kier molecular flexibility index (Phi) is 6.86. The monoisotopic (exact) mass is 376 g/mol. The van der Waals surface area contributed by atoms with Crippen LogP contribution in [0.5, 0.6) is 11.5 Å². The van der Waals surface area contributed by atoms with Gasteiger partial charge in [0.25, 0.3) is 5.91 Å². The summed E-state index contributed by atoms with van der Waals surface area (Å²) in [6, 6.07) is 13.8. The summed E-state index contributed by atoms with van der Waals surface area (Å²) in [5.74, 6) is 0.373. The highest BCUT2D eigenvalue weighted by Crippen LogP contribution is 2.23. The summed E-state index contributed by atoms with van der Waals surface area (Å²) >= 11 is 5.94. The van der Waals surface area contributed by atoms with Gasteiger partial charge in [-0.25, -0.2) is 0 Å². The maximum absolute atomic E-state index is 12.9. The molecule has 0 saturated heterocycles. The highest BCUT2D eigenvalue weighted by molar-refractivity contribution is 6.30. The molecule has 0 aromatic heterocycles. The Morgan fingerprint density at radius 1 is 1.15 bits per heavy atom. The zero-order chi connectivity index (χ0) is 19.1. The molecular formula is C19H21ClN2O4. The molecule has 2 aromatic rings. The summed E-state index contributed by atoms with van der Waals surface area (Å²) in [6.07, 6.45) is -0.731. The molecule has 0 aliphatic rings. The topological polar surface area (TPSA) is 81.9 Å². The summed E-state index contributed by atoms with van der Waals surface area (Å²) in [5.41, 5.74) is 5.86. The Hall–Kier alpha value is -2.73. The first-order valence-corrected chi connectivity index (χ1v) is 8.44. The third-order valence-corrected chi connectivity index (χ3v) is 3.92. The summed E-state index contributed by atoms with van der Waals surface area (Å²) in [4.78, 5) is 25.5. The van der Waals surface area contributed by atoms with Crippen LogP contribution in [-0.4, -0.2) is 31.6 Å². The molecule has 2 N–H and O–H groups in total. The average molecular weight is 377 g/mol. The molecule has 138 valence electrons. The number of methoxy groups -OCH3 is 1. The molecule has 0 unspecified atom stereocenters. The van der Waals surface area contributed by atoms with E-state index in [1.54, 1.807) is 62.6 Å². The number of ether oxygens (including phenoxy) is 2. The van der Waals surface area contributed by atoms with Gasteiger partial charge in [-0.3, -0.25) is 9.59 Å². The Morgan fingerprint density at radius 2 is 1.85 bits per heavy atom. The fourth-order valence-electron chi connectivity index (χ4n) is 2.36. The average Bonchev–Trinajstić information content (AvgIpc) is 2.62. The summed E-state index contributed by atoms with van der Waals surface area (Å²) < 4.78 is 10.8. The van der Waals surface area contributed by atoms with Gasteiger partial charge < -0.3 is 20.1 Å². The lowest BCUT2D eigenvalue weighted by Crippen LogP contribution is -2.42. The van der Waals surface area contributed by atoms with Gasteiger partial charge in [0.15, 0.2) is 6.10 Å². The molecule has 6 nitrogen and oxygen atoms in total. The van der Waals surface area contributed by atoms with Gasteiger partial charge in [-0.05, 0) is 49.4 Å². The van der Waals surface area contributed by atoms with Gasteiger partial charge in [-0.15, -0.1) is 0 Å². The minimum Gasteiger partial charge on any atom is -0.497 e. The van der Waals surface area contributed by atoms with Crippen LogP contribution in [-0.2, 0) is 9.59 Å². The van der Waals surface area contributed by atoms with Crippen molar-refractivity contribution in [3.63, 3.8) is 0 Å². The SMILES string of the molecule is COc1ccc(N(CCC(N)=O)C(=O)[C@H](C)Oc2cccc(Cl)c2)cc1. The molecular weight excluding hydrogens is 356 g/mol. The molecule has 0 radical (unpaired) electrons. The van der Waals surface area contributed by atoms with E-state index in [0.29, 0.717) is 22.2 Å². The number of carbonyl (C=O) groups excluding carboxylic acids is 2. The minimum absolute atomic E-state index is 0.0433. The van der Waals surface area contributed by atoms with Crippen LogP contribution < -0.4 is 20.1 Å². The number of nitrogens with zero attached hydrogens (tertiary/aromatic N) is 1. The largest absolute Gasteiger partial charge is 0.497 e. The third-order valence-electron chi connectivity index (χ3n) is 3.69. The number of halogens is 1. The van der Waals surface area contributed by atoms with Gasteiger partial charge in [-0.2, -0.15) is 0 Å². The number of hydrogen-bond acceptors (Lipinski definition) is 4. The first kappa shape index (κ1) is 19.6. The van der Waals surface area contributed by atoms with Crippen LogP contribution in [0, 0.1) is 0 Å². The quantitative estimate of drug-likeness (QED) is 0.767. The van der Waals surface area contributed by atoms with Gasteiger partial charge in [0.2, 0.25) is 5.91 Å². The van der Waals surface area contributed by atoms with Crippen LogP contribution in [0.4, 0.5) is 5.69 Å². The Morgan fingerprint density at radius 3 is 2.42 bits per heavy atom. The van der Waals surface area contributed by atoms with Gasteiger partial charge >= 0.3 is 0 Å². The number of hydrogen-bond donors (Lipinski definition) is 1. The molecule has 0 saturated carbocycles. The second kappa shape index (κ2) is 9.10. The van der Waals surface area contributed by atoms with Gasteiger partial charge in [0.05, 0.1) is 7.11 Å². The van der Waals surface area contributed by atoms with Crippen molar-refractivity contribution >= 4 is 29.1 Å². The van der Waals surface area contributed by atoms with Crippen molar-refractivity contribution in [2.45, 2.75) is 19.4 Å². The molecule has 0 bridgehead atoms. The summed E-state index contributed by atoms with van der Waals surface area (Å²) in [5, 5.41) is 0.517. The number of anilines is 1. The third kappa shape index (κ3) is 5.39. The van der Waals surface area contributed by atoms with E-state index in [-0.39, 0.29) is 18.9 Å². The van der Waals surface area contributed by atoms with E-state index in [9.17, 15) is 9.59 Å². The molecule has 2 aromatic carbocycles. The molecule has 0 aliphatic carbocycles. The lowest BCUT2D eigenvalue weighted by Gasteiger charge is -2.26. The van der Waals surface area contributed by atoms with E-state index in [2.05, 4.69) is 0 Å². The molecule has 0 fully saturated rings. The molecule has 1 atom stereocenters. The maximum atomic E-state index is 12.9. The van der Waals surface area contributed by atoms with Crippen molar-refractivity contribution in [3.8, 4) is 11.5 Å². The molecule has 0 aliphatic heterocycles. The predicted molar refractivity (Wildman–Crippen MR) is 101 cm³/mol. The van der Waals surface area contributed by atoms with E-state index >= 15 is 0 Å². The summed E-state index contributed by atoms with van der Waals surface area (Å²) in [6.45, 7) is 1.80. The fourth-order valence-corrected chi connectivity index (χ4v) is 2.55. The van der Waals surface area contributed by atoms with E-state index in [0.717, 1.165) is 0 Å². The van der Waals surface area contributed by atoms with Crippen LogP contribution in [0.25, 0.3) is 0 Å². The minimum atomic E-state index is -0.775. The van der Waals surface area contributed by atoms with Crippen molar-refractivity contribution in [3.05, 3.63) is 53.6 Å². The van der Waals surface area contributed by atoms with E-state index in [4.69, 9.17) is 26.8 Å². The first-order valence-electron chi connectivity index (χ1n) is 8.06. The zero-order valence-electron chi connectivity index (χ0n) is 14.6. The number of benzene rings is 2. The fraction of sp³-hybridized carbons (Fsp3) is 0.263. The molecule has 26 heavy (non-hydrogen) atoms.